The molecule has 0 atom stereocenters. The Morgan fingerprint density at radius 3 is 2.58 bits per heavy atom. The molecule has 128 valence electrons. The molecule has 26 heavy (non-hydrogen) atoms. The van der Waals surface area contributed by atoms with Crippen LogP contribution in [0.2, 0.25) is 0 Å². The minimum Gasteiger partial charge on any atom is -0.504 e. The van der Waals surface area contributed by atoms with Crippen molar-refractivity contribution in [2.45, 2.75) is 13.0 Å². The van der Waals surface area contributed by atoms with E-state index in [-0.39, 0.29) is 12.5 Å². The Morgan fingerprint density at radius 2 is 1.81 bits per heavy atom. The number of methoxy groups -OCH3 is 1. The van der Waals surface area contributed by atoms with Crippen molar-refractivity contribution in [3.05, 3.63) is 42.1 Å². The lowest BCUT2D eigenvalue weighted by atomic mass is 9.94. The zero-order chi connectivity index (χ0) is 17.4. The summed E-state index contributed by atoms with van der Waals surface area (Å²) in [7, 11) is 1.58. The van der Waals surface area contributed by atoms with Gasteiger partial charge < -0.3 is 19.3 Å². The average molecular weight is 346 g/mol. The largest absolute Gasteiger partial charge is 0.504 e. The lowest BCUT2D eigenvalue weighted by Crippen LogP contribution is -2.49. The zero-order valence-electron chi connectivity index (χ0n) is 14.2. The predicted molar refractivity (Wildman–Crippen MR) is 97.2 cm³/mol. The van der Waals surface area contributed by atoms with Gasteiger partial charge in [-0.25, -0.2) is 0 Å². The number of phenolic OH excluding ortho intramolecular Hbond substituents is 1. The Labute approximate surface area is 148 Å². The number of aryl methyl sites for hydroxylation is 2. The average Bonchev–Trinajstić information content (AvgIpc) is 3.08. The smallest absolute Gasteiger partial charge is 0.231 e. The molecule has 5 nitrogen and oxygen atoms in total. The van der Waals surface area contributed by atoms with Gasteiger partial charge in [0.25, 0.3) is 0 Å². The highest BCUT2D eigenvalue weighted by Gasteiger charge is 2.33. The third kappa shape index (κ3) is 1.58. The van der Waals surface area contributed by atoms with Gasteiger partial charge in [0, 0.05) is 5.39 Å². The summed E-state index contributed by atoms with van der Waals surface area (Å²) in [4.78, 5) is 0. The van der Waals surface area contributed by atoms with Gasteiger partial charge in [0.2, 0.25) is 12.3 Å². The van der Waals surface area contributed by atoms with Crippen LogP contribution in [0.15, 0.2) is 36.4 Å². The molecule has 0 bridgehead atoms. The molecule has 0 amide bonds. The third-order valence-corrected chi connectivity index (χ3v) is 5.59. The molecule has 0 saturated carbocycles. The Balaban J connectivity index is 1.83. The second-order valence-corrected chi connectivity index (χ2v) is 6.78. The molecular formula is C21H16NO4+. The normalized spacial score (nSPS) is 14.7. The maximum Gasteiger partial charge on any atom is 0.231 e. The number of aromatic nitrogens is 1. The molecule has 5 heteroatoms. The number of hydrogen-bond donors (Lipinski definition) is 1. The van der Waals surface area contributed by atoms with Gasteiger partial charge in [-0.2, -0.15) is 4.57 Å². The van der Waals surface area contributed by atoms with Crippen molar-refractivity contribution in [3.8, 4) is 23.0 Å². The number of nitrogens with zero attached hydrogens (tertiary/aromatic N) is 1. The molecule has 1 aromatic heterocycles. The predicted octanol–water partition coefficient (Wildman–Crippen LogP) is 3.43. The molecular weight excluding hydrogens is 330 g/mol. The van der Waals surface area contributed by atoms with Gasteiger partial charge in [-0.15, -0.1) is 0 Å². The zero-order valence-corrected chi connectivity index (χ0v) is 14.2. The summed E-state index contributed by atoms with van der Waals surface area (Å²) in [6.07, 6.45) is 0.939. The van der Waals surface area contributed by atoms with Crippen molar-refractivity contribution in [1.82, 2.24) is 0 Å². The molecule has 2 aliphatic rings. The van der Waals surface area contributed by atoms with Crippen LogP contribution in [0.3, 0.4) is 0 Å². The molecule has 6 rings (SSSR count). The van der Waals surface area contributed by atoms with Gasteiger partial charge in [0.1, 0.15) is 0 Å². The molecule has 0 aliphatic carbocycles. The van der Waals surface area contributed by atoms with E-state index < -0.39 is 0 Å². The SMILES string of the molecule is COc1ccc2c(c1O)c1[n+](c3c4cc5c(cc4ccc23)OCO5)CC1. The molecule has 1 N–H and O–H groups in total. The number of benzene rings is 3. The number of pyridine rings is 1. The van der Waals surface area contributed by atoms with E-state index in [1.165, 1.54) is 5.52 Å². The highest BCUT2D eigenvalue weighted by atomic mass is 16.7. The van der Waals surface area contributed by atoms with Crippen molar-refractivity contribution >= 4 is 32.4 Å². The lowest BCUT2D eigenvalue weighted by Gasteiger charge is -2.19. The lowest BCUT2D eigenvalue weighted by molar-refractivity contribution is -0.714. The van der Waals surface area contributed by atoms with Crippen molar-refractivity contribution in [3.63, 3.8) is 0 Å². The van der Waals surface area contributed by atoms with E-state index in [4.69, 9.17) is 14.2 Å². The quantitative estimate of drug-likeness (QED) is 0.424. The summed E-state index contributed by atoms with van der Waals surface area (Å²) in [6, 6.07) is 12.2. The number of aromatic hydroxyl groups is 1. The molecule has 0 radical (unpaired) electrons. The minimum atomic E-state index is 0.223. The van der Waals surface area contributed by atoms with Gasteiger partial charge in [-0.05, 0) is 35.7 Å². The summed E-state index contributed by atoms with van der Waals surface area (Å²) < 4.78 is 18.7. The Morgan fingerprint density at radius 1 is 1.00 bits per heavy atom. The molecule has 0 fully saturated rings. The minimum absolute atomic E-state index is 0.223. The van der Waals surface area contributed by atoms with Crippen LogP contribution in [-0.2, 0) is 13.0 Å². The van der Waals surface area contributed by atoms with Gasteiger partial charge >= 0.3 is 0 Å². The van der Waals surface area contributed by atoms with Crippen molar-refractivity contribution in [1.29, 1.82) is 0 Å². The summed E-state index contributed by atoms with van der Waals surface area (Å²) in [5, 5.41) is 16.0. The van der Waals surface area contributed by atoms with E-state index in [0.29, 0.717) is 5.75 Å². The van der Waals surface area contributed by atoms with E-state index in [9.17, 15) is 5.11 Å². The second kappa shape index (κ2) is 4.69. The van der Waals surface area contributed by atoms with E-state index in [1.54, 1.807) is 7.11 Å². The summed E-state index contributed by atoms with van der Waals surface area (Å²) in [6.45, 7) is 1.21. The van der Waals surface area contributed by atoms with Crippen LogP contribution in [0.4, 0.5) is 0 Å². The Kier molecular flexibility index (Phi) is 2.53. The van der Waals surface area contributed by atoms with Crippen LogP contribution in [0.5, 0.6) is 23.0 Å². The van der Waals surface area contributed by atoms with Crippen LogP contribution >= 0.6 is 0 Å². The standard InChI is InChI=1S/C21H15NO4/c1-24-16-5-4-12-13-3-2-11-8-17-18(26-10-25-17)9-14(11)20(13)22-7-6-15(22)19(12)21(16)23/h2-5,8-9H,6-7,10H2,1H3/p+1. The van der Waals surface area contributed by atoms with Crippen LogP contribution in [-0.4, -0.2) is 19.0 Å². The second-order valence-electron chi connectivity index (χ2n) is 6.78. The first-order chi connectivity index (χ1) is 12.8. The fourth-order valence-electron chi connectivity index (χ4n) is 4.30. The topological polar surface area (TPSA) is 51.8 Å². The molecule has 4 aromatic rings. The van der Waals surface area contributed by atoms with E-state index in [0.717, 1.165) is 57.1 Å². The molecule has 0 spiro atoms. The molecule has 0 unspecified atom stereocenters. The fourth-order valence-corrected chi connectivity index (χ4v) is 4.30. The highest BCUT2D eigenvalue weighted by Crippen LogP contribution is 2.43. The Bertz CT molecular complexity index is 1260. The maximum absolute atomic E-state index is 10.7. The van der Waals surface area contributed by atoms with Crippen LogP contribution in [0, 0.1) is 0 Å². The monoisotopic (exact) mass is 346 g/mol. The number of rotatable bonds is 1. The third-order valence-electron chi connectivity index (χ3n) is 5.59. The van der Waals surface area contributed by atoms with E-state index in [2.05, 4.69) is 22.8 Å². The Hall–Kier alpha value is -3.21. The van der Waals surface area contributed by atoms with E-state index in [1.807, 2.05) is 18.2 Å². The number of ether oxygens (including phenoxy) is 3. The van der Waals surface area contributed by atoms with Gasteiger partial charge in [-0.1, -0.05) is 6.07 Å². The van der Waals surface area contributed by atoms with Crippen molar-refractivity contribution in [2.24, 2.45) is 0 Å². The highest BCUT2D eigenvalue weighted by molar-refractivity contribution is 6.16. The van der Waals surface area contributed by atoms with Crippen LogP contribution in [0.1, 0.15) is 5.69 Å². The van der Waals surface area contributed by atoms with E-state index >= 15 is 0 Å². The first-order valence-electron chi connectivity index (χ1n) is 8.66. The van der Waals surface area contributed by atoms with Gasteiger partial charge in [0.15, 0.2) is 35.2 Å². The molecule has 3 heterocycles. The summed E-state index contributed by atoms with van der Waals surface area (Å²) >= 11 is 0. The molecule has 3 aromatic carbocycles. The summed E-state index contributed by atoms with van der Waals surface area (Å²) in [5.74, 6) is 2.32. The number of fused-ring (bicyclic) bond motifs is 9. The van der Waals surface area contributed by atoms with Gasteiger partial charge in [0.05, 0.1) is 29.7 Å². The fraction of sp³-hybridized carbons (Fsp3) is 0.190. The molecule has 2 aliphatic heterocycles. The molecule has 0 saturated heterocycles. The van der Waals surface area contributed by atoms with Crippen LogP contribution in [0.25, 0.3) is 32.4 Å². The number of hydrogen-bond acceptors (Lipinski definition) is 4. The van der Waals surface area contributed by atoms with Gasteiger partial charge in [-0.3, -0.25) is 0 Å². The maximum atomic E-state index is 10.7. The van der Waals surface area contributed by atoms with Crippen molar-refractivity contribution < 1.29 is 23.9 Å². The first kappa shape index (κ1) is 14.0. The van der Waals surface area contributed by atoms with Crippen LogP contribution < -0.4 is 18.8 Å². The van der Waals surface area contributed by atoms with Crippen molar-refractivity contribution in [2.75, 3.05) is 13.9 Å². The first-order valence-corrected chi connectivity index (χ1v) is 8.66. The number of phenols is 1. The summed E-state index contributed by atoms with van der Waals surface area (Å²) in [5.41, 5.74) is 2.33.